The molecule has 8 heteroatoms. The molecule has 3 heterocycles. The molecule has 0 aliphatic carbocycles. The second kappa shape index (κ2) is 9.43. The summed E-state index contributed by atoms with van der Waals surface area (Å²) in [6, 6.07) is 10.1. The van der Waals surface area contributed by atoms with E-state index in [4.69, 9.17) is 4.74 Å². The summed E-state index contributed by atoms with van der Waals surface area (Å²) in [7, 11) is 0. The molecule has 4 rings (SSSR count). The van der Waals surface area contributed by atoms with Crippen molar-refractivity contribution in [2.45, 2.75) is 43.4 Å². The summed E-state index contributed by atoms with van der Waals surface area (Å²) in [5.74, 6) is 1.19. The summed E-state index contributed by atoms with van der Waals surface area (Å²) in [6.45, 7) is 3.38. The summed E-state index contributed by atoms with van der Waals surface area (Å²) in [5.41, 5.74) is 1.02. The van der Waals surface area contributed by atoms with E-state index in [1.165, 1.54) is 31.0 Å². The van der Waals surface area contributed by atoms with Crippen LogP contribution in [0.15, 0.2) is 35.5 Å². The summed E-state index contributed by atoms with van der Waals surface area (Å²) >= 11 is 1.43. The number of para-hydroxylation sites is 1. The molecule has 1 aromatic carbocycles. The van der Waals surface area contributed by atoms with Crippen molar-refractivity contribution >= 4 is 23.6 Å². The minimum Gasteiger partial charge on any atom is -0.376 e. The third-order valence-corrected chi connectivity index (χ3v) is 6.08. The number of nitrogens with zero attached hydrogens (tertiary/aromatic N) is 4. The Bertz CT molecular complexity index is 770. The normalized spacial score (nSPS) is 19.7. The van der Waals surface area contributed by atoms with Crippen LogP contribution in [0.2, 0.25) is 0 Å². The molecule has 0 spiro atoms. The van der Waals surface area contributed by atoms with E-state index in [9.17, 15) is 4.79 Å². The molecular weight excluding hydrogens is 374 g/mol. The van der Waals surface area contributed by atoms with Gasteiger partial charge < -0.3 is 15.0 Å². The standard InChI is InChI=1S/C20H27N5O2S/c26-18(21-14-17-10-7-13-27-17)15-28-20-23-22-19(24-11-5-2-6-12-24)25(20)16-8-3-1-4-9-16/h1,3-4,8-9,17H,2,5-7,10-15H2,(H,21,26)/t17-/m1/s1. The number of amides is 1. The van der Waals surface area contributed by atoms with Crippen molar-refractivity contribution in [3.05, 3.63) is 30.3 Å². The first-order chi connectivity index (χ1) is 13.8. The molecule has 2 aromatic rings. The lowest BCUT2D eigenvalue weighted by Crippen LogP contribution is -2.33. The first-order valence-electron chi connectivity index (χ1n) is 10.1. The molecule has 1 amide bonds. The lowest BCUT2D eigenvalue weighted by molar-refractivity contribution is -0.119. The maximum Gasteiger partial charge on any atom is 0.232 e. The SMILES string of the molecule is O=C(CSc1nnc(N2CCCCC2)n1-c1ccccc1)NC[C@H]1CCCO1. The Morgan fingerprint density at radius 2 is 1.96 bits per heavy atom. The lowest BCUT2D eigenvalue weighted by Gasteiger charge is -2.27. The number of hydrogen-bond acceptors (Lipinski definition) is 6. The van der Waals surface area contributed by atoms with E-state index in [0.717, 1.165) is 49.3 Å². The summed E-state index contributed by atoms with van der Waals surface area (Å²) < 4.78 is 7.63. The van der Waals surface area contributed by atoms with Gasteiger partial charge in [-0.2, -0.15) is 0 Å². The fourth-order valence-corrected chi connectivity index (χ4v) is 4.45. The molecule has 28 heavy (non-hydrogen) atoms. The molecule has 1 N–H and O–H groups in total. The second-order valence-corrected chi connectivity index (χ2v) is 8.17. The van der Waals surface area contributed by atoms with E-state index in [1.54, 1.807) is 0 Å². The highest BCUT2D eigenvalue weighted by molar-refractivity contribution is 7.99. The van der Waals surface area contributed by atoms with E-state index in [1.807, 2.05) is 18.2 Å². The Hall–Kier alpha value is -2.06. The van der Waals surface area contributed by atoms with Crippen LogP contribution in [-0.2, 0) is 9.53 Å². The molecule has 2 saturated heterocycles. The molecular formula is C20H27N5O2S. The van der Waals surface area contributed by atoms with Gasteiger partial charge in [-0.1, -0.05) is 30.0 Å². The number of hydrogen-bond donors (Lipinski definition) is 1. The maximum atomic E-state index is 12.3. The Labute approximate surface area is 169 Å². The van der Waals surface area contributed by atoms with Crippen molar-refractivity contribution in [1.29, 1.82) is 0 Å². The summed E-state index contributed by atoms with van der Waals surface area (Å²) in [5, 5.41) is 12.6. The molecule has 0 saturated carbocycles. The van der Waals surface area contributed by atoms with Gasteiger partial charge in [0.15, 0.2) is 5.16 Å². The van der Waals surface area contributed by atoms with Crippen LogP contribution in [0.5, 0.6) is 0 Å². The second-order valence-electron chi connectivity index (χ2n) is 7.23. The van der Waals surface area contributed by atoms with Gasteiger partial charge in [0.1, 0.15) is 0 Å². The van der Waals surface area contributed by atoms with E-state index < -0.39 is 0 Å². The highest BCUT2D eigenvalue weighted by Crippen LogP contribution is 2.28. The Morgan fingerprint density at radius 1 is 1.14 bits per heavy atom. The number of carbonyl (C=O) groups is 1. The van der Waals surface area contributed by atoms with Gasteiger partial charge in [0.05, 0.1) is 17.5 Å². The Balaban J connectivity index is 1.45. The number of aromatic nitrogens is 3. The predicted octanol–water partition coefficient (Wildman–Crippen LogP) is 2.64. The van der Waals surface area contributed by atoms with Crippen molar-refractivity contribution in [1.82, 2.24) is 20.1 Å². The molecule has 0 unspecified atom stereocenters. The van der Waals surface area contributed by atoms with Gasteiger partial charge in [-0.05, 0) is 44.2 Å². The third-order valence-electron chi connectivity index (χ3n) is 5.15. The van der Waals surface area contributed by atoms with Crippen LogP contribution in [0.3, 0.4) is 0 Å². The first kappa shape index (κ1) is 19.3. The average Bonchev–Trinajstić information content (AvgIpc) is 3.42. The van der Waals surface area contributed by atoms with Crippen LogP contribution < -0.4 is 10.2 Å². The van der Waals surface area contributed by atoms with Gasteiger partial charge in [0, 0.05) is 26.2 Å². The van der Waals surface area contributed by atoms with Gasteiger partial charge in [0.25, 0.3) is 0 Å². The number of benzene rings is 1. The Morgan fingerprint density at radius 3 is 2.71 bits per heavy atom. The zero-order chi connectivity index (χ0) is 19.2. The minimum absolute atomic E-state index is 0.00244. The van der Waals surface area contributed by atoms with Crippen LogP contribution in [0.25, 0.3) is 5.69 Å². The highest BCUT2D eigenvalue weighted by Gasteiger charge is 2.22. The van der Waals surface area contributed by atoms with Crippen LogP contribution in [0.1, 0.15) is 32.1 Å². The molecule has 2 aliphatic heterocycles. The van der Waals surface area contributed by atoms with Gasteiger partial charge in [-0.15, -0.1) is 10.2 Å². The molecule has 2 fully saturated rings. The number of nitrogens with one attached hydrogen (secondary N) is 1. The summed E-state index contributed by atoms with van der Waals surface area (Å²) in [4.78, 5) is 14.6. The van der Waals surface area contributed by atoms with Crippen molar-refractivity contribution in [3.63, 3.8) is 0 Å². The van der Waals surface area contributed by atoms with E-state index in [0.29, 0.717) is 12.3 Å². The average molecular weight is 402 g/mol. The molecule has 1 atom stereocenters. The van der Waals surface area contributed by atoms with Gasteiger partial charge in [0.2, 0.25) is 11.9 Å². The Kier molecular flexibility index (Phi) is 6.49. The largest absolute Gasteiger partial charge is 0.376 e. The number of anilines is 1. The van der Waals surface area contributed by atoms with Crippen LogP contribution in [-0.4, -0.2) is 58.8 Å². The van der Waals surface area contributed by atoms with E-state index in [-0.39, 0.29) is 12.0 Å². The summed E-state index contributed by atoms with van der Waals surface area (Å²) in [6.07, 6.45) is 5.88. The zero-order valence-electron chi connectivity index (χ0n) is 16.0. The van der Waals surface area contributed by atoms with Gasteiger partial charge in [-0.3, -0.25) is 9.36 Å². The van der Waals surface area contributed by atoms with E-state index in [2.05, 4.69) is 37.1 Å². The molecule has 150 valence electrons. The number of rotatable bonds is 7. The number of thioether (sulfide) groups is 1. The molecule has 2 aliphatic rings. The van der Waals surface area contributed by atoms with Crippen LogP contribution in [0, 0.1) is 0 Å². The first-order valence-corrected chi connectivity index (χ1v) is 11.1. The molecule has 0 radical (unpaired) electrons. The van der Waals surface area contributed by atoms with Crippen molar-refractivity contribution in [3.8, 4) is 5.69 Å². The number of ether oxygens (including phenoxy) is 1. The smallest absolute Gasteiger partial charge is 0.232 e. The van der Waals surface area contributed by atoms with E-state index >= 15 is 0 Å². The monoisotopic (exact) mass is 401 g/mol. The molecule has 0 bridgehead atoms. The fraction of sp³-hybridized carbons (Fsp3) is 0.550. The van der Waals surface area contributed by atoms with Gasteiger partial charge in [-0.25, -0.2) is 0 Å². The topological polar surface area (TPSA) is 72.3 Å². The number of carbonyl (C=O) groups excluding carboxylic acids is 1. The molecule has 7 nitrogen and oxygen atoms in total. The minimum atomic E-state index is 0.00244. The van der Waals surface area contributed by atoms with Gasteiger partial charge >= 0.3 is 0 Å². The zero-order valence-corrected chi connectivity index (χ0v) is 16.9. The quantitative estimate of drug-likeness (QED) is 0.719. The fourth-order valence-electron chi connectivity index (χ4n) is 3.67. The maximum absolute atomic E-state index is 12.3. The lowest BCUT2D eigenvalue weighted by atomic mass is 10.1. The third kappa shape index (κ3) is 4.67. The number of piperidine rings is 1. The van der Waals surface area contributed by atoms with Crippen molar-refractivity contribution in [2.75, 3.05) is 36.9 Å². The predicted molar refractivity (Wildman–Crippen MR) is 110 cm³/mol. The van der Waals surface area contributed by atoms with Crippen molar-refractivity contribution in [2.24, 2.45) is 0 Å². The highest BCUT2D eigenvalue weighted by atomic mass is 32.2. The van der Waals surface area contributed by atoms with Crippen LogP contribution in [0.4, 0.5) is 5.95 Å². The van der Waals surface area contributed by atoms with Crippen LogP contribution >= 0.6 is 11.8 Å². The van der Waals surface area contributed by atoms with Crippen molar-refractivity contribution < 1.29 is 9.53 Å². The molecule has 1 aromatic heterocycles.